The van der Waals surface area contributed by atoms with Crippen LogP contribution in [0.15, 0.2) is 30.3 Å². The van der Waals surface area contributed by atoms with Crippen molar-refractivity contribution in [2.75, 3.05) is 6.61 Å². The maximum Gasteiger partial charge on any atom is 0.108 e. The van der Waals surface area contributed by atoms with E-state index in [2.05, 4.69) is 5.92 Å². The highest BCUT2D eigenvalue weighted by Gasteiger charge is 2.02. The molecule has 1 nitrogen and oxygen atoms in total. The van der Waals surface area contributed by atoms with Crippen molar-refractivity contribution in [1.29, 1.82) is 0 Å². The molecule has 0 spiro atoms. The molecule has 0 saturated carbocycles. The smallest absolute Gasteiger partial charge is 0.108 e. The van der Waals surface area contributed by atoms with Gasteiger partial charge in [-0.25, -0.2) is 0 Å². The van der Waals surface area contributed by atoms with Crippen LogP contribution in [0.25, 0.3) is 0 Å². The SMILES string of the molecule is C#CCO[C@H](C)c1ccccc1. The largest absolute Gasteiger partial charge is 0.361 e. The van der Waals surface area contributed by atoms with E-state index in [4.69, 9.17) is 11.2 Å². The van der Waals surface area contributed by atoms with Gasteiger partial charge in [-0.15, -0.1) is 6.42 Å². The van der Waals surface area contributed by atoms with Crippen molar-refractivity contribution < 1.29 is 4.74 Å². The fourth-order valence-electron chi connectivity index (χ4n) is 0.993. The van der Waals surface area contributed by atoms with Crippen molar-refractivity contribution in [3.05, 3.63) is 35.9 Å². The van der Waals surface area contributed by atoms with Crippen LogP contribution in [0.4, 0.5) is 0 Å². The van der Waals surface area contributed by atoms with Crippen LogP contribution in [0.5, 0.6) is 0 Å². The molecular weight excluding hydrogens is 148 g/mol. The van der Waals surface area contributed by atoms with Gasteiger partial charge in [0.2, 0.25) is 0 Å². The van der Waals surface area contributed by atoms with Crippen LogP contribution >= 0.6 is 0 Å². The quantitative estimate of drug-likeness (QED) is 0.617. The summed E-state index contributed by atoms with van der Waals surface area (Å²) in [4.78, 5) is 0. The molecule has 0 heterocycles. The zero-order chi connectivity index (χ0) is 8.81. The fraction of sp³-hybridized carbons (Fsp3) is 0.273. The summed E-state index contributed by atoms with van der Waals surface area (Å²) in [6, 6.07) is 10.0. The van der Waals surface area contributed by atoms with Gasteiger partial charge in [-0.3, -0.25) is 0 Å². The molecule has 1 atom stereocenters. The zero-order valence-electron chi connectivity index (χ0n) is 7.16. The van der Waals surface area contributed by atoms with Gasteiger partial charge in [0.05, 0.1) is 6.10 Å². The topological polar surface area (TPSA) is 9.23 Å². The Morgan fingerprint density at radius 3 is 2.67 bits per heavy atom. The molecule has 62 valence electrons. The molecule has 12 heavy (non-hydrogen) atoms. The molecule has 1 rings (SSSR count). The first kappa shape index (κ1) is 8.83. The summed E-state index contributed by atoms with van der Waals surface area (Å²) in [7, 11) is 0. The van der Waals surface area contributed by atoms with E-state index in [1.807, 2.05) is 37.3 Å². The van der Waals surface area contributed by atoms with Crippen LogP contribution in [-0.2, 0) is 4.74 Å². The Balaban J connectivity index is 2.55. The lowest BCUT2D eigenvalue weighted by atomic mass is 10.1. The van der Waals surface area contributed by atoms with E-state index in [9.17, 15) is 0 Å². The van der Waals surface area contributed by atoms with E-state index >= 15 is 0 Å². The van der Waals surface area contributed by atoms with Crippen LogP contribution in [0.1, 0.15) is 18.6 Å². The molecule has 0 saturated heterocycles. The van der Waals surface area contributed by atoms with Crippen molar-refractivity contribution in [2.24, 2.45) is 0 Å². The molecule has 0 unspecified atom stereocenters. The molecule has 1 heteroatoms. The van der Waals surface area contributed by atoms with Crippen LogP contribution in [0, 0.1) is 12.3 Å². The molecule has 0 bridgehead atoms. The Morgan fingerprint density at radius 1 is 1.42 bits per heavy atom. The van der Waals surface area contributed by atoms with Crippen LogP contribution < -0.4 is 0 Å². The van der Waals surface area contributed by atoms with E-state index in [-0.39, 0.29) is 6.10 Å². The van der Waals surface area contributed by atoms with E-state index in [0.717, 1.165) is 5.56 Å². The lowest BCUT2D eigenvalue weighted by Crippen LogP contribution is -1.99. The van der Waals surface area contributed by atoms with Gasteiger partial charge in [-0.1, -0.05) is 36.3 Å². The molecule has 1 aromatic carbocycles. The average molecular weight is 160 g/mol. The first-order chi connectivity index (χ1) is 5.84. The van der Waals surface area contributed by atoms with Gasteiger partial charge in [-0.2, -0.15) is 0 Å². The molecule has 0 aliphatic carbocycles. The monoisotopic (exact) mass is 160 g/mol. The summed E-state index contributed by atoms with van der Waals surface area (Å²) in [5.41, 5.74) is 1.16. The summed E-state index contributed by atoms with van der Waals surface area (Å²) in [6.07, 6.45) is 5.17. The molecule has 0 radical (unpaired) electrons. The Hall–Kier alpha value is -1.26. The number of hydrogen-bond donors (Lipinski definition) is 0. The normalized spacial score (nSPS) is 12.0. The number of terminal acetylenes is 1. The van der Waals surface area contributed by atoms with Crippen LogP contribution in [0.3, 0.4) is 0 Å². The maximum absolute atomic E-state index is 5.34. The summed E-state index contributed by atoms with van der Waals surface area (Å²) >= 11 is 0. The van der Waals surface area contributed by atoms with Gasteiger partial charge in [-0.05, 0) is 12.5 Å². The van der Waals surface area contributed by atoms with Crippen molar-refractivity contribution in [3.8, 4) is 12.3 Å². The van der Waals surface area contributed by atoms with Crippen LogP contribution in [0.2, 0.25) is 0 Å². The minimum Gasteiger partial charge on any atom is -0.361 e. The Labute approximate surface area is 73.4 Å². The van der Waals surface area contributed by atoms with Gasteiger partial charge in [0.1, 0.15) is 6.61 Å². The first-order valence-electron chi connectivity index (χ1n) is 3.94. The third kappa shape index (κ3) is 2.41. The lowest BCUT2D eigenvalue weighted by molar-refractivity contribution is 0.0927. The van der Waals surface area contributed by atoms with Gasteiger partial charge in [0.15, 0.2) is 0 Å². The summed E-state index contributed by atoms with van der Waals surface area (Å²) in [5.74, 6) is 2.45. The number of hydrogen-bond acceptors (Lipinski definition) is 1. The third-order valence-corrected chi connectivity index (χ3v) is 1.69. The van der Waals surface area contributed by atoms with Gasteiger partial charge >= 0.3 is 0 Å². The average Bonchev–Trinajstić information content (AvgIpc) is 2.15. The van der Waals surface area contributed by atoms with Gasteiger partial charge in [0, 0.05) is 0 Å². The Bertz CT molecular complexity index is 258. The van der Waals surface area contributed by atoms with Crippen molar-refractivity contribution in [1.82, 2.24) is 0 Å². The zero-order valence-corrected chi connectivity index (χ0v) is 7.16. The summed E-state index contributed by atoms with van der Waals surface area (Å²) in [6.45, 7) is 2.36. The highest BCUT2D eigenvalue weighted by atomic mass is 16.5. The maximum atomic E-state index is 5.34. The standard InChI is InChI=1S/C11H12O/c1-3-9-12-10(2)11-7-5-4-6-8-11/h1,4-8,10H,9H2,2H3/t10-/m1/s1. The second-order valence-electron chi connectivity index (χ2n) is 2.57. The molecule has 0 aromatic heterocycles. The second-order valence-corrected chi connectivity index (χ2v) is 2.57. The fourth-order valence-corrected chi connectivity index (χ4v) is 0.993. The first-order valence-corrected chi connectivity index (χ1v) is 3.94. The Kier molecular flexibility index (Phi) is 3.37. The summed E-state index contributed by atoms with van der Waals surface area (Å²) in [5, 5.41) is 0. The molecule has 0 aliphatic heterocycles. The third-order valence-electron chi connectivity index (χ3n) is 1.69. The van der Waals surface area contributed by atoms with E-state index in [1.165, 1.54) is 0 Å². The predicted octanol–water partition coefficient (Wildman–Crippen LogP) is 2.40. The minimum atomic E-state index is 0.0854. The highest BCUT2D eigenvalue weighted by Crippen LogP contribution is 2.14. The van der Waals surface area contributed by atoms with Gasteiger partial charge < -0.3 is 4.74 Å². The Morgan fingerprint density at radius 2 is 2.08 bits per heavy atom. The number of benzene rings is 1. The lowest BCUT2D eigenvalue weighted by Gasteiger charge is -2.10. The molecular formula is C11H12O. The van der Waals surface area contributed by atoms with Crippen molar-refractivity contribution in [2.45, 2.75) is 13.0 Å². The van der Waals surface area contributed by atoms with E-state index in [0.29, 0.717) is 6.61 Å². The predicted molar refractivity (Wildman–Crippen MR) is 49.6 cm³/mol. The van der Waals surface area contributed by atoms with Crippen molar-refractivity contribution in [3.63, 3.8) is 0 Å². The molecule has 0 amide bonds. The molecule has 1 aromatic rings. The molecule has 0 N–H and O–H groups in total. The highest BCUT2D eigenvalue weighted by molar-refractivity contribution is 5.16. The molecule has 0 aliphatic rings. The minimum absolute atomic E-state index is 0.0854. The summed E-state index contributed by atoms with van der Waals surface area (Å²) < 4.78 is 5.34. The molecule has 0 fully saturated rings. The second kappa shape index (κ2) is 4.58. The van der Waals surface area contributed by atoms with Crippen LogP contribution in [-0.4, -0.2) is 6.61 Å². The number of rotatable bonds is 3. The van der Waals surface area contributed by atoms with E-state index < -0.39 is 0 Å². The van der Waals surface area contributed by atoms with Crippen molar-refractivity contribution >= 4 is 0 Å². The van der Waals surface area contributed by atoms with E-state index in [1.54, 1.807) is 0 Å². The number of ether oxygens (including phenoxy) is 1. The van der Waals surface area contributed by atoms with Gasteiger partial charge in [0.25, 0.3) is 0 Å².